The zero-order valence-electron chi connectivity index (χ0n) is 13.7. The van der Waals surface area contributed by atoms with Crippen LogP contribution in [0, 0.1) is 29.6 Å². The smallest absolute Gasteiger partial charge is 0.0101 e. The van der Waals surface area contributed by atoms with E-state index in [1.165, 1.54) is 38.6 Å². The molecule has 0 aromatic carbocycles. The van der Waals surface area contributed by atoms with E-state index in [-0.39, 0.29) is 0 Å². The fourth-order valence-electron chi connectivity index (χ4n) is 6.00. The van der Waals surface area contributed by atoms with Gasteiger partial charge in [-0.1, -0.05) is 33.1 Å². The van der Waals surface area contributed by atoms with Crippen molar-refractivity contribution in [1.29, 1.82) is 0 Å². The Kier molecular flexibility index (Phi) is 5.07. The number of unbranched alkanes of at least 4 members (excludes halogenated alkanes) is 2. The van der Waals surface area contributed by atoms with E-state index in [1.54, 1.807) is 32.1 Å². The maximum absolute atomic E-state index is 3.96. The first-order valence-corrected chi connectivity index (χ1v) is 9.55. The van der Waals surface area contributed by atoms with E-state index < -0.39 is 0 Å². The predicted octanol–water partition coefficient (Wildman–Crippen LogP) is 5.01. The molecule has 1 nitrogen and oxygen atoms in total. The summed E-state index contributed by atoms with van der Waals surface area (Å²) in [5.74, 6) is 5.45. The Labute approximate surface area is 126 Å². The Morgan fingerprint density at radius 2 is 1.50 bits per heavy atom. The summed E-state index contributed by atoms with van der Waals surface area (Å²) in [5, 5.41) is 3.96. The molecule has 1 heteroatoms. The van der Waals surface area contributed by atoms with Crippen molar-refractivity contribution in [2.24, 2.45) is 29.6 Å². The number of nitrogens with one attached hydrogen (secondary N) is 1. The minimum Gasteiger partial charge on any atom is -0.314 e. The Morgan fingerprint density at radius 1 is 0.850 bits per heavy atom. The quantitative estimate of drug-likeness (QED) is 0.615. The molecule has 20 heavy (non-hydrogen) atoms. The summed E-state index contributed by atoms with van der Waals surface area (Å²) in [5.41, 5.74) is 0. The zero-order chi connectivity index (χ0) is 13.9. The first kappa shape index (κ1) is 14.9. The van der Waals surface area contributed by atoms with E-state index in [4.69, 9.17) is 0 Å². The van der Waals surface area contributed by atoms with Gasteiger partial charge in [-0.25, -0.2) is 0 Å². The highest BCUT2D eigenvalue weighted by Gasteiger charge is 2.50. The molecule has 0 radical (unpaired) electrons. The molecule has 0 saturated heterocycles. The van der Waals surface area contributed by atoms with Crippen molar-refractivity contribution in [1.82, 2.24) is 5.32 Å². The van der Waals surface area contributed by atoms with Crippen LogP contribution in [0.15, 0.2) is 0 Å². The molecule has 1 atom stereocenters. The average Bonchev–Trinajstić information content (AvgIpc) is 2.43. The maximum Gasteiger partial charge on any atom is 0.0101 e. The second-order valence-electron chi connectivity index (χ2n) is 8.06. The largest absolute Gasteiger partial charge is 0.314 e. The van der Waals surface area contributed by atoms with Gasteiger partial charge in [0.25, 0.3) is 0 Å². The van der Waals surface area contributed by atoms with Crippen LogP contribution in [-0.2, 0) is 0 Å². The minimum atomic E-state index is 0.844. The molecule has 0 heterocycles. The maximum atomic E-state index is 3.96. The fourth-order valence-corrected chi connectivity index (χ4v) is 6.00. The van der Waals surface area contributed by atoms with Crippen molar-refractivity contribution < 1.29 is 0 Å². The molecule has 0 spiro atoms. The standard InChI is InChI=1S/C19H35N/c1-3-5-6-7-18(20-8-4-2)19-16-10-14-9-15(12-16)13-17(19)11-14/h14-20H,3-13H2,1-2H3. The topological polar surface area (TPSA) is 12.0 Å². The van der Waals surface area contributed by atoms with Crippen molar-refractivity contribution in [3.8, 4) is 0 Å². The summed E-state index contributed by atoms with van der Waals surface area (Å²) in [6, 6.07) is 0.844. The Balaban J connectivity index is 1.63. The van der Waals surface area contributed by atoms with E-state index in [9.17, 15) is 0 Å². The third kappa shape index (κ3) is 3.08. The van der Waals surface area contributed by atoms with Crippen LogP contribution < -0.4 is 5.32 Å². The van der Waals surface area contributed by atoms with E-state index in [0.717, 1.165) is 35.6 Å². The van der Waals surface area contributed by atoms with Gasteiger partial charge in [-0.05, 0) is 81.1 Å². The van der Waals surface area contributed by atoms with Crippen LogP contribution in [0.3, 0.4) is 0 Å². The van der Waals surface area contributed by atoms with Gasteiger partial charge in [-0.2, -0.15) is 0 Å². The first-order chi connectivity index (χ1) is 9.81. The third-order valence-corrected chi connectivity index (χ3v) is 6.54. The van der Waals surface area contributed by atoms with E-state index in [2.05, 4.69) is 19.2 Å². The van der Waals surface area contributed by atoms with Crippen LogP contribution in [0.4, 0.5) is 0 Å². The van der Waals surface area contributed by atoms with E-state index in [0.29, 0.717) is 0 Å². The lowest BCUT2D eigenvalue weighted by Gasteiger charge is -2.56. The lowest BCUT2D eigenvalue weighted by molar-refractivity contribution is -0.0531. The molecule has 4 rings (SSSR count). The summed E-state index contributed by atoms with van der Waals surface area (Å²) in [4.78, 5) is 0. The zero-order valence-corrected chi connectivity index (χ0v) is 13.7. The summed E-state index contributed by atoms with van der Waals surface area (Å²) >= 11 is 0. The Morgan fingerprint density at radius 3 is 2.05 bits per heavy atom. The molecule has 4 aliphatic carbocycles. The molecule has 1 N–H and O–H groups in total. The van der Waals surface area contributed by atoms with Gasteiger partial charge >= 0.3 is 0 Å². The van der Waals surface area contributed by atoms with Gasteiger partial charge in [-0.15, -0.1) is 0 Å². The van der Waals surface area contributed by atoms with Gasteiger partial charge in [0.2, 0.25) is 0 Å². The summed E-state index contributed by atoms with van der Waals surface area (Å²) in [6.45, 7) is 5.88. The SMILES string of the molecule is CCCCCC(NCCC)C1C2CC3CC(C2)CC1C3. The van der Waals surface area contributed by atoms with Gasteiger partial charge in [0, 0.05) is 6.04 Å². The highest BCUT2D eigenvalue weighted by molar-refractivity contribution is 5.01. The highest BCUT2D eigenvalue weighted by Crippen LogP contribution is 2.57. The lowest BCUT2D eigenvalue weighted by atomic mass is 9.50. The molecule has 4 aliphatic rings. The fraction of sp³-hybridized carbons (Fsp3) is 1.00. The van der Waals surface area contributed by atoms with Crippen molar-refractivity contribution in [3.05, 3.63) is 0 Å². The molecule has 0 amide bonds. The molecule has 116 valence electrons. The molecule has 1 unspecified atom stereocenters. The normalized spacial score (nSPS) is 40.2. The summed E-state index contributed by atoms with van der Waals surface area (Å²) in [7, 11) is 0. The third-order valence-electron chi connectivity index (χ3n) is 6.54. The molecule has 0 aliphatic heterocycles. The summed E-state index contributed by atoms with van der Waals surface area (Å²) in [6.07, 6.45) is 14.9. The van der Waals surface area contributed by atoms with Crippen LogP contribution in [0.5, 0.6) is 0 Å². The van der Waals surface area contributed by atoms with Crippen LogP contribution in [0.25, 0.3) is 0 Å². The van der Waals surface area contributed by atoms with Gasteiger partial charge in [-0.3, -0.25) is 0 Å². The van der Waals surface area contributed by atoms with Crippen molar-refractivity contribution in [2.75, 3.05) is 6.54 Å². The molecule has 4 bridgehead atoms. The second-order valence-corrected chi connectivity index (χ2v) is 8.06. The average molecular weight is 277 g/mol. The van der Waals surface area contributed by atoms with Crippen molar-refractivity contribution in [2.45, 2.75) is 84.1 Å². The molecule has 4 fully saturated rings. The number of hydrogen-bond donors (Lipinski definition) is 1. The van der Waals surface area contributed by atoms with Crippen LogP contribution in [0.1, 0.15) is 78.1 Å². The lowest BCUT2D eigenvalue weighted by Crippen LogP contribution is -2.53. The van der Waals surface area contributed by atoms with Gasteiger partial charge < -0.3 is 5.32 Å². The summed E-state index contributed by atoms with van der Waals surface area (Å²) < 4.78 is 0. The van der Waals surface area contributed by atoms with Gasteiger partial charge in [0.05, 0.1) is 0 Å². The molecule has 0 aromatic heterocycles. The van der Waals surface area contributed by atoms with Gasteiger partial charge in [0.15, 0.2) is 0 Å². The monoisotopic (exact) mass is 277 g/mol. The number of rotatable bonds is 8. The Hall–Kier alpha value is -0.0400. The van der Waals surface area contributed by atoms with Crippen LogP contribution >= 0.6 is 0 Å². The van der Waals surface area contributed by atoms with Crippen LogP contribution in [-0.4, -0.2) is 12.6 Å². The molecule has 0 aromatic rings. The predicted molar refractivity (Wildman–Crippen MR) is 86.8 cm³/mol. The van der Waals surface area contributed by atoms with Crippen molar-refractivity contribution >= 4 is 0 Å². The van der Waals surface area contributed by atoms with Crippen LogP contribution in [0.2, 0.25) is 0 Å². The van der Waals surface area contributed by atoms with E-state index in [1.807, 2.05) is 0 Å². The molecular formula is C19H35N. The highest BCUT2D eigenvalue weighted by atomic mass is 14.9. The number of hydrogen-bond acceptors (Lipinski definition) is 1. The Bertz CT molecular complexity index is 270. The second kappa shape index (κ2) is 6.81. The van der Waals surface area contributed by atoms with Crippen molar-refractivity contribution in [3.63, 3.8) is 0 Å². The molecule has 4 saturated carbocycles. The van der Waals surface area contributed by atoms with Gasteiger partial charge in [0.1, 0.15) is 0 Å². The first-order valence-electron chi connectivity index (χ1n) is 9.55. The van der Waals surface area contributed by atoms with E-state index >= 15 is 0 Å². The minimum absolute atomic E-state index is 0.844. The molecular weight excluding hydrogens is 242 g/mol.